The Kier molecular flexibility index (Phi) is 6.09. The van der Waals surface area contributed by atoms with Gasteiger partial charge in [-0.3, -0.25) is 0 Å². The number of aromatic nitrogens is 3. The van der Waals surface area contributed by atoms with Crippen LogP contribution in [-0.2, 0) is 20.1 Å². The SMILES string of the molecule is CC(C)c1cccc(C(C)C)c1-c1ccc[c-]c1-n1cncn1.[Ir]. The molecule has 3 rings (SSSR count). The van der Waals surface area contributed by atoms with Gasteiger partial charge in [0.25, 0.3) is 0 Å². The number of hydrogen-bond acceptors (Lipinski definition) is 2. The molecule has 3 aromatic rings. The standard InChI is InChI=1S/C20H22N3.Ir/c1-14(2)16-9-7-10-17(15(3)4)20(16)18-8-5-6-11-19(18)23-13-21-12-22-23;/h5-10,12-15H,1-4H3;/q-1;. The number of rotatable bonds is 4. The summed E-state index contributed by atoms with van der Waals surface area (Å²) in [5.74, 6) is 0.903. The van der Waals surface area contributed by atoms with E-state index in [9.17, 15) is 0 Å². The van der Waals surface area contributed by atoms with Crippen LogP contribution in [0.25, 0.3) is 16.8 Å². The van der Waals surface area contributed by atoms with Gasteiger partial charge in [-0.15, -0.1) is 5.56 Å². The quantitative estimate of drug-likeness (QED) is 0.477. The Bertz CT molecular complexity index is 766. The third-order valence-corrected chi connectivity index (χ3v) is 4.12. The number of benzene rings is 2. The Labute approximate surface area is 157 Å². The number of hydrogen-bond donors (Lipinski definition) is 0. The van der Waals surface area contributed by atoms with Crippen molar-refractivity contribution in [2.24, 2.45) is 0 Å². The van der Waals surface area contributed by atoms with E-state index in [1.54, 1.807) is 17.3 Å². The molecule has 1 aromatic heterocycles. The Morgan fingerprint density at radius 2 is 1.62 bits per heavy atom. The normalized spacial score (nSPS) is 10.9. The minimum absolute atomic E-state index is 0. The molecule has 0 N–H and O–H groups in total. The molecule has 127 valence electrons. The van der Waals surface area contributed by atoms with Crippen molar-refractivity contribution in [2.75, 3.05) is 0 Å². The van der Waals surface area contributed by atoms with Crippen molar-refractivity contribution in [1.29, 1.82) is 0 Å². The van der Waals surface area contributed by atoms with E-state index >= 15 is 0 Å². The van der Waals surface area contributed by atoms with Gasteiger partial charge >= 0.3 is 0 Å². The molecule has 0 saturated heterocycles. The van der Waals surface area contributed by atoms with Crippen molar-refractivity contribution in [2.45, 2.75) is 39.5 Å². The predicted octanol–water partition coefficient (Wildman–Crippen LogP) is 4.98. The fraction of sp³-hybridized carbons (Fsp3) is 0.300. The summed E-state index contributed by atoms with van der Waals surface area (Å²) < 4.78 is 1.79. The van der Waals surface area contributed by atoms with Gasteiger partial charge in [-0.25, -0.2) is 9.67 Å². The maximum atomic E-state index is 4.30. The van der Waals surface area contributed by atoms with E-state index < -0.39 is 0 Å². The second-order valence-electron chi connectivity index (χ2n) is 6.39. The van der Waals surface area contributed by atoms with Crippen LogP contribution in [0.2, 0.25) is 0 Å². The molecule has 2 aromatic carbocycles. The Balaban J connectivity index is 0.00000208. The molecule has 0 aliphatic rings. The first-order chi connectivity index (χ1) is 11.1. The van der Waals surface area contributed by atoms with Crippen LogP contribution >= 0.6 is 0 Å². The first-order valence-electron chi connectivity index (χ1n) is 8.08. The van der Waals surface area contributed by atoms with Gasteiger partial charge in [0.2, 0.25) is 0 Å². The summed E-state index contributed by atoms with van der Waals surface area (Å²) in [5, 5.41) is 4.30. The van der Waals surface area contributed by atoms with Crippen LogP contribution in [0.4, 0.5) is 0 Å². The summed E-state index contributed by atoms with van der Waals surface area (Å²) in [6.07, 6.45) is 3.28. The second-order valence-corrected chi connectivity index (χ2v) is 6.39. The zero-order chi connectivity index (χ0) is 16.4. The van der Waals surface area contributed by atoms with Crippen LogP contribution in [0, 0.1) is 6.07 Å². The number of nitrogens with zero attached hydrogens (tertiary/aromatic N) is 3. The van der Waals surface area contributed by atoms with Gasteiger partial charge in [0.05, 0.1) is 0 Å². The van der Waals surface area contributed by atoms with Gasteiger partial charge < -0.3 is 0 Å². The summed E-state index contributed by atoms with van der Waals surface area (Å²) in [6.45, 7) is 8.96. The van der Waals surface area contributed by atoms with Gasteiger partial charge in [0, 0.05) is 20.1 Å². The van der Waals surface area contributed by atoms with Gasteiger partial charge in [0.1, 0.15) is 12.7 Å². The molecule has 3 nitrogen and oxygen atoms in total. The maximum absolute atomic E-state index is 4.30. The topological polar surface area (TPSA) is 30.7 Å². The van der Waals surface area contributed by atoms with E-state index in [-0.39, 0.29) is 20.1 Å². The van der Waals surface area contributed by atoms with Crippen LogP contribution < -0.4 is 0 Å². The van der Waals surface area contributed by atoms with E-state index in [1.807, 2.05) is 12.1 Å². The molecule has 1 heterocycles. The average Bonchev–Trinajstić information content (AvgIpc) is 3.08. The van der Waals surface area contributed by atoms with Crippen LogP contribution in [0.3, 0.4) is 0 Å². The van der Waals surface area contributed by atoms with Crippen molar-refractivity contribution in [1.82, 2.24) is 14.8 Å². The van der Waals surface area contributed by atoms with Gasteiger partial charge in [-0.05, 0) is 28.7 Å². The van der Waals surface area contributed by atoms with Crippen molar-refractivity contribution < 1.29 is 20.1 Å². The van der Waals surface area contributed by atoms with Crippen LogP contribution in [0.15, 0.2) is 49.1 Å². The summed E-state index contributed by atoms with van der Waals surface area (Å²) in [5.41, 5.74) is 6.13. The predicted molar refractivity (Wildman–Crippen MR) is 93.8 cm³/mol. The van der Waals surface area contributed by atoms with Crippen molar-refractivity contribution in [3.63, 3.8) is 0 Å². The van der Waals surface area contributed by atoms with Crippen molar-refractivity contribution in [3.05, 3.63) is 66.2 Å². The molecule has 0 saturated carbocycles. The summed E-state index contributed by atoms with van der Waals surface area (Å²) in [4.78, 5) is 4.08. The Morgan fingerprint density at radius 3 is 2.17 bits per heavy atom. The van der Waals surface area contributed by atoms with Crippen molar-refractivity contribution >= 4 is 0 Å². The second kappa shape index (κ2) is 7.87. The Morgan fingerprint density at radius 1 is 0.958 bits per heavy atom. The minimum Gasteiger partial charge on any atom is -0.245 e. The fourth-order valence-corrected chi connectivity index (χ4v) is 3.01. The molecule has 24 heavy (non-hydrogen) atoms. The zero-order valence-corrected chi connectivity index (χ0v) is 16.8. The molecule has 0 fully saturated rings. The molecule has 0 aliphatic heterocycles. The van der Waals surface area contributed by atoms with Crippen molar-refractivity contribution in [3.8, 4) is 16.8 Å². The Hall–Kier alpha value is -1.77. The summed E-state index contributed by atoms with van der Waals surface area (Å²) in [6, 6.07) is 16.1. The van der Waals surface area contributed by atoms with E-state index in [0.717, 1.165) is 11.3 Å². The van der Waals surface area contributed by atoms with Crippen LogP contribution in [-0.4, -0.2) is 14.8 Å². The molecule has 0 aliphatic carbocycles. The molecule has 0 spiro atoms. The molecular weight excluding hydrogens is 474 g/mol. The maximum Gasteiger partial charge on any atom is 0.138 e. The third kappa shape index (κ3) is 3.50. The molecule has 0 amide bonds. The van der Waals surface area contributed by atoms with Gasteiger partial charge in [0.15, 0.2) is 0 Å². The van der Waals surface area contributed by atoms with E-state index in [1.165, 1.54) is 16.7 Å². The van der Waals surface area contributed by atoms with Gasteiger partial charge in [-0.1, -0.05) is 51.5 Å². The van der Waals surface area contributed by atoms with E-state index in [0.29, 0.717) is 11.8 Å². The largest absolute Gasteiger partial charge is 0.245 e. The molecule has 0 atom stereocenters. The first kappa shape index (κ1) is 18.6. The van der Waals surface area contributed by atoms with Gasteiger partial charge in [-0.2, -0.15) is 29.4 Å². The molecular formula is C20H22IrN3-. The van der Waals surface area contributed by atoms with Crippen LogP contribution in [0.5, 0.6) is 0 Å². The summed E-state index contributed by atoms with van der Waals surface area (Å²) in [7, 11) is 0. The molecule has 4 heteroatoms. The van der Waals surface area contributed by atoms with E-state index in [2.05, 4.69) is 68.1 Å². The smallest absolute Gasteiger partial charge is 0.138 e. The van der Waals surface area contributed by atoms with E-state index in [4.69, 9.17) is 0 Å². The molecule has 0 unspecified atom stereocenters. The number of para-hydroxylation sites is 1. The van der Waals surface area contributed by atoms with Crippen LogP contribution in [0.1, 0.15) is 50.7 Å². The summed E-state index contributed by atoms with van der Waals surface area (Å²) >= 11 is 0. The molecule has 0 bridgehead atoms. The monoisotopic (exact) mass is 497 g/mol. The molecule has 1 radical (unpaired) electrons. The third-order valence-electron chi connectivity index (χ3n) is 4.12. The zero-order valence-electron chi connectivity index (χ0n) is 14.4. The minimum atomic E-state index is 0. The average molecular weight is 497 g/mol. The fourth-order valence-electron chi connectivity index (χ4n) is 3.01. The first-order valence-corrected chi connectivity index (χ1v) is 8.08.